The smallest absolute Gasteiger partial charge is 0.310 e. The molecule has 0 radical (unpaired) electrons. The van der Waals surface area contributed by atoms with Crippen molar-refractivity contribution in [1.29, 1.82) is 0 Å². The molecule has 0 aromatic carbocycles. The largest absolute Gasteiger partial charge is 0.481 e. The molecule has 2 N–H and O–H groups in total. The van der Waals surface area contributed by atoms with Gasteiger partial charge in [-0.2, -0.15) is 0 Å². The van der Waals surface area contributed by atoms with Gasteiger partial charge < -0.3 is 19.7 Å². The van der Waals surface area contributed by atoms with Crippen LogP contribution in [0.25, 0.3) is 0 Å². The molecule has 184 valence electrons. The number of carbonyl (C=O) groups excluding carboxylic acids is 2. The maximum Gasteiger partial charge on any atom is 0.310 e. The minimum Gasteiger partial charge on any atom is -0.481 e. The summed E-state index contributed by atoms with van der Waals surface area (Å²) in [5.41, 5.74) is 0. The molecule has 0 amide bonds. The molecular weight excluding hydrogens is 448 g/mol. The lowest BCUT2D eigenvalue weighted by atomic mass is 9.96. The fourth-order valence-electron chi connectivity index (χ4n) is 3.74. The summed E-state index contributed by atoms with van der Waals surface area (Å²) in [5, 5.41) is 17.4. The molecule has 10 nitrogen and oxygen atoms in total. The average molecular weight is 474 g/mol. The van der Waals surface area contributed by atoms with Crippen molar-refractivity contribution in [3.05, 3.63) is 0 Å². The number of aliphatic carboxylic acids is 2. The molecule has 2 aliphatic heterocycles. The van der Waals surface area contributed by atoms with Crippen LogP contribution in [0.3, 0.4) is 0 Å². The highest BCUT2D eigenvalue weighted by atomic mass is 19.3. The highest BCUT2D eigenvalue weighted by molar-refractivity contribution is 5.83. The van der Waals surface area contributed by atoms with Crippen LogP contribution in [0.1, 0.15) is 0 Å². The van der Waals surface area contributed by atoms with Gasteiger partial charge in [0.2, 0.25) is 0 Å². The zero-order valence-electron chi connectivity index (χ0n) is 17.5. The van der Waals surface area contributed by atoms with Crippen LogP contribution in [0.5, 0.6) is 0 Å². The van der Waals surface area contributed by atoms with Crippen LogP contribution in [-0.4, -0.2) is 110 Å². The second-order valence-electron chi connectivity index (χ2n) is 7.37. The van der Waals surface area contributed by atoms with E-state index in [1.165, 1.54) is 24.0 Å². The number of carboxylic acids is 2. The summed E-state index contributed by atoms with van der Waals surface area (Å²) in [7, 11) is 2.40. The van der Waals surface area contributed by atoms with E-state index in [1.54, 1.807) is 0 Å². The number of hydrogen-bond acceptors (Lipinski definition) is 8. The second kappa shape index (κ2) is 12.5. The Balaban J connectivity index is 0.000000323. The normalized spacial score (nSPS) is 26.0. The van der Waals surface area contributed by atoms with Crippen molar-refractivity contribution in [3.8, 4) is 0 Å². The van der Waals surface area contributed by atoms with Crippen LogP contribution < -0.4 is 0 Å². The molecule has 0 unspecified atom stereocenters. The number of halogens is 4. The van der Waals surface area contributed by atoms with Crippen LogP contribution in [0.15, 0.2) is 0 Å². The average Bonchev–Trinajstić information content (AvgIpc) is 3.31. The van der Waals surface area contributed by atoms with Crippen molar-refractivity contribution in [2.45, 2.75) is 12.9 Å². The first-order chi connectivity index (χ1) is 14.9. The van der Waals surface area contributed by atoms with Gasteiger partial charge in [-0.25, -0.2) is 17.6 Å². The summed E-state index contributed by atoms with van der Waals surface area (Å²) in [6, 6.07) is 0. The molecule has 14 heteroatoms. The Labute approximate surface area is 181 Å². The minimum atomic E-state index is -2.58. The lowest BCUT2D eigenvalue weighted by molar-refractivity contribution is -0.155. The lowest BCUT2D eigenvalue weighted by Crippen LogP contribution is -2.30. The number of likely N-dealkylation sites (tertiary alicyclic amines) is 2. The predicted molar refractivity (Wildman–Crippen MR) is 98.2 cm³/mol. The molecule has 2 heterocycles. The molecule has 2 rings (SSSR count). The first-order valence-electron chi connectivity index (χ1n) is 9.53. The predicted octanol–water partition coefficient (Wildman–Crippen LogP) is 0.114. The van der Waals surface area contributed by atoms with E-state index in [4.69, 9.17) is 10.2 Å². The van der Waals surface area contributed by atoms with E-state index >= 15 is 0 Å². The molecule has 2 aliphatic rings. The van der Waals surface area contributed by atoms with Gasteiger partial charge in [0.15, 0.2) is 0 Å². The molecular formula is C18H26F4N2O8. The lowest BCUT2D eigenvalue weighted by Gasteiger charge is -2.13. The molecule has 2 saturated heterocycles. The molecule has 2 fully saturated rings. The van der Waals surface area contributed by atoms with Crippen molar-refractivity contribution < 1.29 is 56.4 Å². The molecule has 0 aromatic rings. The van der Waals surface area contributed by atoms with Gasteiger partial charge in [0.1, 0.15) is 0 Å². The summed E-state index contributed by atoms with van der Waals surface area (Å²) < 4.78 is 57.6. The summed E-state index contributed by atoms with van der Waals surface area (Å²) in [4.78, 5) is 46.7. The van der Waals surface area contributed by atoms with Gasteiger partial charge in [0.05, 0.1) is 51.0 Å². The quantitative estimate of drug-likeness (QED) is 0.369. The first-order valence-corrected chi connectivity index (χ1v) is 9.53. The molecule has 4 atom stereocenters. The summed E-state index contributed by atoms with van der Waals surface area (Å²) in [6.07, 6.45) is -5.07. The highest BCUT2D eigenvalue weighted by Gasteiger charge is 2.44. The maximum absolute atomic E-state index is 12.2. The number of carbonyl (C=O) groups is 4. The topological polar surface area (TPSA) is 134 Å². The number of hydrogen-bond donors (Lipinski definition) is 2. The van der Waals surface area contributed by atoms with Gasteiger partial charge in [-0.15, -0.1) is 0 Å². The molecule has 0 aromatic heterocycles. The van der Waals surface area contributed by atoms with Gasteiger partial charge in [0.25, 0.3) is 12.9 Å². The molecule has 32 heavy (non-hydrogen) atoms. The molecule has 0 bridgehead atoms. The Morgan fingerprint density at radius 1 is 0.719 bits per heavy atom. The third-order valence-electron chi connectivity index (χ3n) is 5.23. The molecule has 0 saturated carbocycles. The minimum absolute atomic E-state index is 0.0940. The Kier molecular flexibility index (Phi) is 10.8. The van der Waals surface area contributed by atoms with E-state index < -0.39 is 73.5 Å². The second-order valence-corrected chi connectivity index (χ2v) is 7.37. The van der Waals surface area contributed by atoms with E-state index in [0.29, 0.717) is 0 Å². The van der Waals surface area contributed by atoms with E-state index in [9.17, 15) is 36.7 Å². The Morgan fingerprint density at radius 2 is 1.00 bits per heavy atom. The zero-order chi connectivity index (χ0) is 24.6. The van der Waals surface area contributed by atoms with E-state index in [0.717, 1.165) is 0 Å². The highest BCUT2D eigenvalue weighted by Crippen LogP contribution is 2.26. The fraction of sp³-hybridized carbons (Fsp3) is 0.778. The van der Waals surface area contributed by atoms with Crippen molar-refractivity contribution in [3.63, 3.8) is 0 Å². The Bertz CT molecular complexity index is 635. The number of rotatable bonds is 8. The molecule has 0 aliphatic carbocycles. The number of methoxy groups -OCH3 is 2. The van der Waals surface area contributed by atoms with Gasteiger partial charge in [0, 0.05) is 26.2 Å². The van der Waals surface area contributed by atoms with Crippen molar-refractivity contribution in [2.24, 2.45) is 23.7 Å². The van der Waals surface area contributed by atoms with Crippen molar-refractivity contribution in [1.82, 2.24) is 9.80 Å². The third-order valence-corrected chi connectivity index (χ3v) is 5.23. The van der Waals surface area contributed by atoms with E-state index in [2.05, 4.69) is 9.47 Å². The van der Waals surface area contributed by atoms with Gasteiger partial charge in [-0.3, -0.25) is 29.0 Å². The standard InChI is InChI=1S/C10H15F2NO4.C8H11F2NO4/c1-16-9(14)6-3-13(5-8(11)12)4-7(6)10(15)17-2;9-6(10)3-11-1-4(7(12)13)5(2-11)8(14)15/h6-8H,3-5H2,1-2H3;4-6H,1-3H2,(H,12,13)(H,14,15)/t6-,7-;4-,5-/m00/s1. The zero-order valence-corrected chi connectivity index (χ0v) is 17.5. The summed E-state index contributed by atoms with van der Waals surface area (Å²) in [5.74, 6) is -7.30. The van der Waals surface area contributed by atoms with Gasteiger partial charge >= 0.3 is 23.9 Å². The van der Waals surface area contributed by atoms with Crippen LogP contribution in [0.4, 0.5) is 17.6 Å². The van der Waals surface area contributed by atoms with Crippen molar-refractivity contribution in [2.75, 3.05) is 53.5 Å². The molecule has 0 spiro atoms. The Morgan fingerprint density at radius 3 is 1.22 bits per heavy atom. The van der Waals surface area contributed by atoms with E-state index in [-0.39, 0.29) is 26.2 Å². The monoisotopic (exact) mass is 474 g/mol. The van der Waals surface area contributed by atoms with E-state index in [1.807, 2.05) is 0 Å². The van der Waals surface area contributed by atoms with Crippen LogP contribution in [0.2, 0.25) is 0 Å². The number of nitrogens with zero attached hydrogens (tertiary/aromatic N) is 2. The number of carboxylic acid groups (broad SMARTS) is 2. The number of ether oxygens (including phenoxy) is 2. The number of alkyl halides is 4. The maximum atomic E-state index is 12.2. The summed E-state index contributed by atoms with van der Waals surface area (Å²) in [6.45, 7) is -1.10. The summed E-state index contributed by atoms with van der Waals surface area (Å²) >= 11 is 0. The van der Waals surface area contributed by atoms with Crippen LogP contribution >= 0.6 is 0 Å². The SMILES string of the molecule is COC(=O)[C@H]1CN(CC(F)F)C[C@@H]1C(=O)OC.O=C(O)[C@H]1CN(CC(F)F)C[C@@H]1C(=O)O. The first kappa shape index (κ1) is 27.6. The van der Waals surface area contributed by atoms with Gasteiger partial charge in [-0.1, -0.05) is 0 Å². The van der Waals surface area contributed by atoms with Crippen molar-refractivity contribution >= 4 is 23.9 Å². The fourth-order valence-corrected chi connectivity index (χ4v) is 3.74. The van der Waals surface area contributed by atoms with Crippen LogP contribution in [-0.2, 0) is 28.7 Å². The van der Waals surface area contributed by atoms with Crippen LogP contribution in [0, 0.1) is 23.7 Å². The third kappa shape index (κ3) is 7.89. The van der Waals surface area contributed by atoms with Gasteiger partial charge in [-0.05, 0) is 0 Å². The Hall–Kier alpha value is -2.48. The number of esters is 2.